The molecule has 0 aliphatic rings. The summed E-state index contributed by atoms with van der Waals surface area (Å²) in [6.07, 6.45) is 1.28. The number of nitrogens with zero attached hydrogens (tertiary/aromatic N) is 1. The zero-order valence-electron chi connectivity index (χ0n) is 14.7. The number of benzene rings is 2. The number of anilines is 1. The number of carbonyl (C=O) groups is 2. The summed E-state index contributed by atoms with van der Waals surface area (Å²) in [4.78, 5) is 23.7. The second-order valence-electron chi connectivity index (χ2n) is 6.15. The SMILES string of the molecule is Cc1ccccc1NC(=O)CC(=O)N/N=C/c1ccc(C(C)C)cc1. The first kappa shape index (κ1) is 18.4. The van der Waals surface area contributed by atoms with Crippen molar-refractivity contribution in [3.05, 3.63) is 65.2 Å². The van der Waals surface area contributed by atoms with Crippen LogP contribution in [0.15, 0.2) is 53.6 Å². The molecule has 0 saturated carbocycles. The Morgan fingerprint density at radius 2 is 1.72 bits per heavy atom. The number of aryl methyl sites for hydroxylation is 1. The van der Waals surface area contributed by atoms with E-state index in [0.717, 1.165) is 11.1 Å². The van der Waals surface area contributed by atoms with Crippen LogP contribution in [-0.2, 0) is 9.59 Å². The first-order chi connectivity index (χ1) is 12.0. The highest BCUT2D eigenvalue weighted by atomic mass is 16.2. The lowest BCUT2D eigenvalue weighted by molar-refractivity contribution is -0.126. The maximum Gasteiger partial charge on any atom is 0.249 e. The van der Waals surface area contributed by atoms with Crippen LogP contribution in [0.1, 0.15) is 42.9 Å². The van der Waals surface area contributed by atoms with E-state index in [4.69, 9.17) is 0 Å². The van der Waals surface area contributed by atoms with Gasteiger partial charge in [0.2, 0.25) is 11.8 Å². The Kier molecular flexibility index (Phi) is 6.46. The van der Waals surface area contributed by atoms with Crippen LogP contribution in [0.5, 0.6) is 0 Å². The standard InChI is InChI=1S/C20H23N3O2/c1-14(2)17-10-8-16(9-11-17)13-21-23-20(25)12-19(24)22-18-7-5-4-6-15(18)3/h4-11,13-14H,12H2,1-3H3,(H,22,24)(H,23,25)/b21-13+. The summed E-state index contributed by atoms with van der Waals surface area (Å²) in [6, 6.07) is 15.4. The van der Waals surface area contributed by atoms with Crippen LogP contribution in [0.3, 0.4) is 0 Å². The van der Waals surface area contributed by atoms with Gasteiger partial charge in [0, 0.05) is 5.69 Å². The van der Waals surface area contributed by atoms with Crippen molar-refractivity contribution >= 4 is 23.7 Å². The molecule has 2 aromatic rings. The predicted molar refractivity (Wildman–Crippen MR) is 101 cm³/mol. The molecule has 0 atom stereocenters. The summed E-state index contributed by atoms with van der Waals surface area (Å²) in [6.45, 7) is 6.15. The highest BCUT2D eigenvalue weighted by Gasteiger charge is 2.09. The smallest absolute Gasteiger partial charge is 0.249 e. The molecule has 0 spiro atoms. The predicted octanol–water partition coefficient (Wildman–Crippen LogP) is 3.60. The molecule has 5 nitrogen and oxygen atoms in total. The third-order valence-corrected chi connectivity index (χ3v) is 3.75. The van der Waals surface area contributed by atoms with Crippen molar-refractivity contribution in [3.8, 4) is 0 Å². The quantitative estimate of drug-likeness (QED) is 0.480. The van der Waals surface area contributed by atoms with Crippen molar-refractivity contribution in [1.82, 2.24) is 5.43 Å². The third-order valence-electron chi connectivity index (χ3n) is 3.75. The van der Waals surface area contributed by atoms with Gasteiger partial charge in [-0.05, 0) is 35.6 Å². The number of para-hydroxylation sites is 1. The van der Waals surface area contributed by atoms with Gasteiger partial charge >= 0.3 is 0 Å². The molecule has 0 unspecified atom stereocenters. The molecule has 0 radical (unpaired) electrons. The molecular formula is C20H23N3O2. The summed E-state index contributed by atoms with van der Waals surface area (Å²) in [7, 11) is 0. The maximum absolute atomic E-state index is 11.9. The van der Waals surface area contributed by atoms with E-state index < -0.39 is 5.91 Å². The minimum absolute atomic E-state index is 0.280. The van der Waals surface area contributed by atoms with Gasteiger partial charge in [-0.3, -0.25) is 9.59 Å². The van der Waals surface area contributed by atoms with Gasteiger partial charge in [-0.2, -0.15) is 5.10 Å². The number of hydrogen-bond donors (Lipinski definition) is 2. The zero-order chi connectivity index (χ0) is 18.2. The van der Waals surface area contributed by atoms with E-state index in [1.807, 2.05) is 49.4 Å². The first-order valence-electron chi connectivity index (χ1n) is 8.23. The van der Waals surface area contributed by atoms with Crippen LogP contribution in [0, 0.1) is 6.92 Å². The monoisotopic (exact) mass is 337 g/mol. The van der Waals surface area contributed by atoms with Crippen molar-refractivity contribution in [2.45, 2.75) is 33.1 Å². The lowest BCUT2D eigenvalue weighted by atomic mass is 10.0. The molecule has 0 saturated heterocycles. The average Bonchev–Trinajstić information content (AvgIpc) is 2.57. The highest BCUT2D eigenvalue weighted by molar-refractivity contribution is 6.04. The summed E-state index contributed by atoms with van der Waals surface area (Å²) in [5, 5.41) is 6.60. The molecule has 0 aromatic heterocycles. The summed E-state index contributed by atoms with van der Waals surface area (Å²) < 4.78 is 0. The van der Waals surface area contributed by atoms with E-state index >= 15 is 0 Å². The van der Waals surface area contributed by atoms with Crippen LogP contribution >= 0.6 is 0 Å². The second-order valence-corrected chi connectivity index (χ2v) is 6.15. The number of rotatable bonds is 6. The zero-order valence-corrected chi connectivity index (χ0v) is 14.7. The summed E-state index contributed by atoms with van der Waals surface area (Å²) >= 11 is 0. The maximum atomic E-state index is 11.9. The van der Waals surface area contributed by atoms with Gasteiger partial charge in [-0.1, -0.05) is 56.3 Å². The van der Waals surface area contributed by atoms with Gasteiger partial charge in [0.1, 0.15) is 6.42 Å². The van der Waals surface area contributed by atoms with Crippen molar-refractivity contribution in [3.63, 3.8) is 0 Å². The van der Waals surface area contributed by atoms with Crippen LogP contribution < -0.4 is 10.7 Å². The molecule has 130 valence electrons. The second kappa shape index (κ2) is 8.78. The Balaban J connectivity index is 1.81. The van der Waals surface area contributed by atoms with Gasteiger partial charge in [-0.25, -0.2) is 5.43 Å². The number of carbonyl (C=O) groups excluding carboxylic acids is 2. The largest absolute Gasteiger partial charge is 0.325 e. The van der Waals surface area contributed by atoms with E-state index in [-0.39, 0.29) is 12.3 Å². The van der Waals surface area contributed by atoms with E-state index in [2.05, 4.69) is 29.7 Å². The molecule has 2 aromatic carbocycles. The average molecular weight is 337 g/mol. The van der Waals surface area contributed by atoms with E-state index in [1.54, 1.807) is 12.3 Å². The molecule has 2 N–H and O–H groups in total. The molecule has 0 bridgehead atoms. The number of nitrogens with one attached hydrogen (secondary N) is 2. The van der Waals surface area contributed by atoms with Crippen LogP contribution in [-0.4, -0.2) is 18.0 Å². The molecule has 0 heterocycles. The first-order valence-corrected chi connectivity index (χ1v) is 8.23. The van der Waals surface area contributed by atoms with Crippen LogP contribution in [0.4, 0.5) is 5.69 Å². The Hall–Kier alpha value is -2.95. The van der Waals surface area contributed by atoms with Crippen molar-refractivity contribution in [2.75, 3.05) is 5.32 Å². The van der Waals surface area contributed by atoms with Gasteiger partial charge in [0.25, 0.3) is 0 Å². The van der Waals surface area contributed by atoms with E-state index in [0.29, 0.717) is 11.6 Å². The van der Waals surface area contributed by atoms with Gasteiger partial charge in [0.15, 0.2) is 0 Å². The highest BCUT2D eigenvalue weighted by Crippen LogP contribution is 2.14. The van der Waals surface area contributed by atoms with Crippen molar-refractivity contribution in [1.29, 1.82) is 0 Å². The van der Waals surface area contributed by atoms with Gasteiger partial charge in [-0.15, -0.1) is 0 Å². The number of hydrazone groups is 1. The fraction of sp³-hybridized carbons (Fsp3) is 0.250. The Morgan fingerprint density at radius 3 is 2.36 bits per heavy atom. The molecular weight excluding hydrogens is 314 g/mol. The van der Waals surface area contributed by atoms with Crippen LogP contribution in [0.25, 0.3) is 0 Å². The van der Waals surface area contributed by atoms with E-state index in [9.17, 15) is 9.59 Å². The number of amides is 2. The lowest BCUT2D eigenvalue weighted by Gasteiger charge is -2.07. The van der Waals surface area contributed by atoms with Gasteiger partial charge < -0.3 is 5.32 Å². The fourth-order valence-corrected chi connectivity index (χ4v) is 2.24. The molecule has 2 rings (SSSR count). The Labute approximate surface area is 148 Å². The molecule has 2 amide bonds. The third kappa shape index (κ3) is 5.88. The molecule has 25 heavy (non-hydrogen) atoms. The molecule has 0 aliphatic carbocycles. The summed E-state index contributed by atoms with van der Waals surface area (Å²) in [5.41, 5.74) is 6.14. The lowest BCUT2D eigenvalue weighted by Crippen LogP contribution is -2.24. The van der Waals surface area contributed by atoms with Gasteiger partial charge in [0.05, 0.1) is 6.21 Å². The Morgan fingerprint density at radius 1 is 1.04 bits per heavy atom. The summed E-state index contributed by atoms with van der Waals surface area (Å²) in [5.74, 6) is -0.359. The normalized spacial score (nSPS) is 10.9. The molecule has 5 heteroatoms. The van der Waals surface area contributed by atoms with Crippen molar-refractivity contribution in [2.24, 2.45) is 5.10 Å². The Bertz CT molecular complexity index is 765. The number of hydrogen-bond acceptors (Lipinski definition) is 3. The minimum Gasteiger partial charge on any atom is -0.325 e. The van der Waals surface area contributed by atoms with E-state index in [1.165, 1.54) is 5.56 Å². The minimum atomic E-state index is -0.457. The molecule has 0 aliphatic heterocycles. The van der Waals surface area contributed by atoms with Crippen molar-refractivity contribution < 1.29 is 9.59 Å². The van der Waals surface area contributed by atoms with Crippen LogP contribution in [0.2, 0.25) is 0 Å². The topological polar surface area (TPSA) is 70.6 Å². The fourth-order valence-electron chi connectivity index (χ4n) is 2.24. The molecule has 0 fully saturated rings.